The molecule has 1 heterocycles. The van der Waals surface area contributed by atoms with Gasteiger partial charge in [0.2, 0.25) is 5.91 Å². The van der Waals surface area contributed by atoms with Gasteiger partial charge >= 0.3 is 0 Å². The second-order valence-electron chi connectivity index (χ2n) is 16.0. The lowest BCUT2D eigenvalue weighted by Crippen LogP contribution is -2.56. The van der Waals surface area contributed by atoms with Gasteiger partial charge in [-0.25, -0.2) is 0 Å². The van der Waals surface area contributed by atoms with E-state index in [4.69, 9.17) is 5.73 Å². The summed E-state index contributed by atoms with van der Waals surface area (Å²) in [6.07, 6.45) is 3.44. The predicted octanol–water partition coefficient (Wildman–Crippen LogP) is 5.22. The van der Waals surface area contributed by atoms with E-state index in [9.17, 15) is 24.0 Å². The molecule has 11 heteroatoms. The molecular weight excluding hydrogens is 717 g/mol. The molecule has 4 unspecified atom stereocenters. The van der Waals surface area contributed by atoms with Crippen LogP contribution < -0.4 is 16.4 Å². The van der Waals surface area contributed by atoms with Crippen LogP contribution in [-0.4, -0.2) is 101 Å². The second kappa shape index (κ2) is 15.6. The van der Waals surface area contributed by atoms with Crippen molar-refractivity contribution in [2.75, 3.05) is 39.3 Å². The van der Waals surface area contributed by atoms with Crippen molar-refractivity contribution in [3.05, 3.63) is 119 Å². The van der Waals surface area contributed by atoms with E-state index in [-0.39, 0.29) is 53.5 Å². The van der Waals surface area contributed by atoms with E-state index < -0.39 is 5.54 Å². The van der Waals surface area contributed by atoms with Crippen molar-refractivity contribution in [3.63, 3.8) is 0 Å². The summed E-state index contributed by atoms with van der Waals surface area (Å²) in [4.78, 5) is 71.0. The summed E-state index contributed by atoms with van der Waals surface area (Å²) < 4.78 is 0. The fourth-order valence-electron chi connectivity index (χ4n) is 8.23. The van der Waals surface area contributed by atoms with E-state index in [1.807, 2.05) is 105 Å². The summed E-state index contributed by atoms with van der Waals surface area (Å²) >= 11 is 0. The summed E-state index contributed by atoms with van der Waals surface area (Å²) in [5.41, 5.74) is 11.8. The van der Waals surface area contributed by atoms with Gasteiger partial charge in [-0.2, -0.15) is 0 Å². The van der Waals surface area contributed by atoms with Gasteiger partial charge < -0.3 is 31.1 Å². The first kappa shape index (κ1) is 38.1. The topological polar surface area (TPSA) is 145 Å². The standard InChI is InChI=1S/C46H50N6O5/c1-3-50(4-2)43(55)31-15-11-29(12-16-31)34-8-6-10-36(26-34)42(54)49-40-27-38(40)39-28-46(39,47)45(57)52-23-21-51(22-24-52)44(56)32-17-13-30(14-18-32)33-7-5-9-35(25-33)41(53)48-37-19-20-37/h5-18,25-26,37-40H,3-4,19-24,27-28,47H2,1-2H3,(H,48,53)(H,49,54). The molecule has 0 bridgehead atoms. The fourth-order valence-corrected chi connectivity index (χ4v) is 8.23. The molecule has 4 aliphatic rings. The van der Waals surface area contributed by atoms with Gasteiger partial charge in [-0.1, -0.05) is 48.5 Å². The molecule has 4 fully saturated rings. The SMILES string of the molecule is CCN(CC)C(=O)c1ccc(-c2cccc(C(=O)NC3CC3C3CC3(N)C(=O)N3CCN(C(=O)c4ccc(-c5cccc(C(=O)NC6CC6)c5)cc4)CC3)c2)cc1. The van der Waals surface area contributed by atoms with E-state index in [0.29, 0.717) is 67.9 Å². The smallest absolute Gasteiger partial charge is 0.253 e. The maximum Gasteiger partial charge on any atom is 0.253 e. The molecule has 11 nitrogen and oxygen atoms in total. The van der Waals surface area contributed by atoms with Crippen LogP contribution in [0.25, 0.3) is 22.3 Å². The molecular formula is C46H50N6O5. The molecule has 3 aliphatic carbocycles. The highest BCUT2D eigenvalue weighted by molar-refractivity contribution is 5.98. The maximum absolute atomic E-state index is 13.7. The number of amides is 5. The number of hydrogen-bond donors (Lipinski definition) is 3. The van der Waals surface area contributed by atoms with Crippen LogP contribution in [0.5, 0.6) is 0 Å². The number of carbonyl (C=O) groups excluding carboxylic acids is 5. The first-order chi connectivity index (χ1) is 27.6. The molecule has 4 aromatic carbocycles. The minimum atomic E-state index is -0.944. The number of nitrogens with one attached hydrogen (secondary N) is 2. The summed E-state index contributed by atoms with van der Waals surface area (Å²) in [7, 11) is 0. The zero-order valence-corrected chi connectivity index (χ0v) is 32.6. The zero-order chi connectivity index (χ0) is 39.8. The Kier molecular flexibility index (Phi) is 10.4. The number of nitrogens with two attached hydrogens (primary N) is 1. The van der Waals surface area contributed by atoms with Gasteiger partial charge in [0.05, 0.1) is 5.54 Å². The predicted molar refractivity (Wildman–Crippen MR) is 218 cm³/mol. The lowest BCUT2D eigenvalue weighted by molar-refractivity contribution is -0.135. The third kappa shape index (κ3) is 8.07. The third-order valence-electron chi connectivity index (χ3n) is 12.1. The summed E-state index contributed by atoms with van der Waals surface area (Å²) in [6, 6.07) is 30.1. The van der Waals surface area contributed by atoms with Crippen LogP contribution in [0.1, 0.15) is 81.0 Å². The van der Waals surface area contributed by atoms with Gasteiger partial charge in [0.1, 0.15) is 0 Å². The van der Waals surface area contributed by atoms with Gasteiger partial charge in [-0.15, -0.1) is 0 Å². The quantitative estimate of drug-likeness (QED) is 0.181. The van der Waals surface area contributed by atoms with Crippen LogP contribution in [0.4, 0.5) is 0 Å². The summed E-state index contributed by atoms with van der Waals surface area (Å²) in [5, 5.41) is 6.18. The first-order valence-electron chi connectivity index (χ1n) is 20.3. The van der Waals surface area contributed by atoms with E-state index in [2.05, 4.69) is 10.6 Å². The number of piperazine rings is 1. The summed E-state index contributed by atoms with van der Waals surface area (Å²) in [6.45, 7) is 6.91. The molecule has 294 valence electrons. The Morgan fingerprint density at radius 3 is 1.74 bits per heavy atom. The highest BCUT2D eigenvalue weighted by Gasteiger charge is 2.66. The van der Waals surface area contributed by atoms with E-state index in [1.54, 1.807) is 20.8 Å². The van der Waals surface area contributed by atoms with Crippen LogP contribution in [0.15, 0.2) is 97.1 Å². The molecule has 4 N–H and O–H groups in total. The molecule has 57 heavy (non-hydrogen) atoms. The molecule has 4 aromatic rings. The Balaban J connectivity index is 0.804. The van der Waals surface area contributed by atoms with Crippen LogP contribution >= 0.6 is 0 Å². The normalized spacial score (nSPS) is 22.3. The fraction of sp³-hybridized carbons (Fsp3) is 0.370. The van der Waals surface area contributed by atoms with Gasteiger partial charge in [-0.05, 0) is 122 Å². The van der Waals surface area contributed by atoms with Crippen molar-refractivity contribution < 1.29 is 24.0 Å². The minimum Gasteiger partial charge on any atom is -0.349 e. The van der Waals surface area contributed by atoms with Crippen molar-refractivity contribution in [1.29, 1.82) is 0 Å². The molecule has 4 atom stereocenters. The molecule has 5 amide bonds. The third-order valence-corrected chi connectivity index (χ3v) is 12.1. The van der Waals surface area contributed by atoms with Crippen LogP contribution in [0, 0.1) is 11.8 Å². The van der Waals surface area contributed by atoms with E-state index in [1.165, 1.54) is 0 Å². The molecule has 3 saturated carbocycles. The van der Waals surface area contributed by atoms with E-state index in [0.717, 1.165) is 41.5 Å². The lowest BCUT2D eigenvalue weighted by Gasteiger charge is -2.36. The molecule has 0 aromatic heterocycles. The van der Waals surface area contributed by atoms with E-state index >= 15 is 0 Å². The maximum atomic E-state index is 13.7. The highest BCUT2D eigenvalue weighted by Crippen LogP contribution is 2.56. The monoisotopic (exact) mass is 766 g/mol. The molecule has 8 rings (SSSR count). The van der Waals surface area contributed by atoms with Crippen LogP contribution in [0.3, 0.4) is 0 Å². The summed E-state index contributed by atoms with van der Waals surface area (Å²) in [5.74, 6) is -0.230. The second-order valence-corrected chi connectivity index (χ2v) is 16.0. The van der Waals surface area contributed by atoms with Crippen molar-refractivity contribution in [1.82, 2.24) is 25.3 Å². The lowest BCUT2D eigenvalue weighted by atomic mass is 10.0. The molecule has 1 saturated heterocycles. The molecule has 1 aliphatic heterocycles. The number of benzene rings is 4. The van der Waals surface area contributed by atoms with Crippen LogP contribution in [0.2, 0.25) is 0 Å². The van der Waals surface area contributed by atoms with Crippen molar-refractivity contribution in [2.24, 2.45) is 17.6 Å². The Morgan fingerprint density at radius 1 is 0.667 bits per heavy atom. The highest BCUT2D eigenvalue weighted by atomic mass is 16.2. The average Bonchev–Trinajstić information content (AvgIpc) is 4.19. The Hall–Kier alpha value is -5.81. The Labute approximate surface area is 333 Å². The van der Waals surface area contributed by atoms with Gasteiger partial charge in [0, 0.05) is 73.6 Å². The van der Waals surface area contributed by atoms with Crippen molar-refractivity contribution in [3.8, 4) is 22.3 Å². The van der Waals surface area contributed by atoms with Gasteiger partial charge in [0.15, 0.2) is 0 Å². The van der Waals surface area contributed by atoms with Crippen molar-refractivity contribution >= 4 is 29.5 Å². The molecule has 0 spiro atoms. The number of carbonyl (C=O) groups is 5. The van der Waals surface area contributed by atoms with Gasteiger partial charge in [0.25, 0.3) is 23.6 Å². The Bertz CT molecular complexity index is 2190. The molecule has 0 radical (unpaired) electrons. The average molecular weight is 767 g/mol. The number of hydrogen-bond acceptors (Lipinski definition) is 6. The Morgan fingerprint density at radius 2 is 1.19 bits per heavy atom. The number of rotatable bonds is 12. The zero-order valence-electron chi connectivity index (χ0n) is 32.6. The van der Waals surface area contributed by atoms with Gasteiger partial charge in [-0.3, -0.25) is 24.0 Å². The van der Waals surface area contributed by atoms with Crippen molar-refractivity contribution in [2.45, 2.75) is 57.2 Å². The number of nitrogens with zero attached hydrogens (tertiary/aromatic N) is 3. The van der Waals surface area contributed by atoms with Crippen LogP contribution in [-0.2, 0) is 4.79 Å². The largest absolute Gasteiger partial charge is 0.349 e. The first-order valence-corrected chi connectivity index (χ1v) is 20.3. The minimum absolute atomic E-state index is 0.00175.